The van der Waals surface area contributed by atoms with Gasteiger partial charge in [0.1, 0.15) is 0 Å². The van der Waals surface area contributed by atoms with Crippen LogP contribution in [0.2, 0.25) is 5.82 Å². The normalized spacial score (nSPS) is 13.0. The van der Waals surface area contributed by atoms with E-state index in [0.717, 1.165) is 0 Å². The summed E-state index contributed by atoms with van der Waals surface area (Å²) >= 11 is 0. The van der Waals surface area contributed by atoms with Crippen molar-refractivity contribution in [2.24, 2.45) is 0 Å². The summed E-state index contributed by atoms with van der Waals surface area (Å²) in [5.41, 5.74) is 0. The van der Waals surface area contributed by atoms with Crippen molar-refractivity contribution in [1.82, 2.24) is 0 Å². The van der Waals surface area contributed by atoms with Gasteiger partial charge in [-0.25, -0.2) is 0 Å². The molecular weight excluding hydrogens is 177 g/mol. The quantitative estimate of drug-likeness (QED) is 0.614. The van der Waals surface area contributed by atoms with E-state index in [2.05, 4.69) is 6.07 Å². The van der Waals surface area contributed by atoms with Gasteiger partial charge in [0.25, 0.3) is 0 Å². The molecule has 1 atom stereocenters. The zero-order chi connectivity index (χ0) is 11.1. The molecule has 0 aliphatic carbocycles. The van der Waals surface area contributed by atoms with Gasteiger partial charge in [-0.05, 0) is 27.7 Å². The van der Waals surface area contributed by atoms with Crippen LogP contribution in [0.25, 0.3) is 0 Å². The minimum Gasteiger partial charge on any atom is -0.409 e. The molecule has 14 heavy (non-hydrogen) atoms. The molecule has 0 aromatic heterocycles. The van der Waals surface area contributed by atoms with Crippen molar-refractivity contribution in [3.8, 4) is 6.07 Å². The third kappa shape index (κ3) is 6.01. The number of nitrogens with zero attached hydrogens (tertiary/aromatic N) is 1. The highest BCUT2D eigenvalue weighted by atomic mass is 16.6. The van der Waals surface area contributed by atoms with Crippen LogP contribution in [0.15, 0.2) is 0 Å². The number of hydrogen-bond donors (Lipinski definition) is 0. The Balaban J connectivity index is 4.16. The lowest BCUT2D eigenvalue weighted by molar-refractivity contribution is 0.124. The smallest absolute Gasteiger partial charge is 0.409 e. The van der Waals surface area contributed by atoms with Gasteiger partial charge in [0.2, 0.25) is 0 Å². The predicted molar refractivity (Wildman–Crippen MR) is 57.9 cm³/mol. The Morgan fingerprint density at radius 3 is 1.79 bits per heavy atom. The van der Waals surface area contributed by atoms with Gasteiger partial charge in [0.15, 0.2) is 0 Å². The molecule has 0 aliphatic heterocycles. The van der Waals surface area contributed by atoms with E-state index in [-0.39, 0.29) is 25.1 Å². The summed E-state index contributed by atoms with van der Waals surface area (Å²) < 4.78 is 11.2. The Bertz CT molecular complexity index is 179. The minimum atomic E-state index is -0.269. The molecule has 0 N–H and O–H groups in total. The summed E-state index contributed by atoms with van der Waals surface area (Å²) in [6, 6.07) is 2.13. The van der Waals surface area contributed by atoms with E-state index in [9.17, 15) is 0 Å². The molecule has 4 heteroatoms. The summed E-state index contributed by atoms with van der Waals surface area (Å²) in [7, 11) is -0.269. The van der Waals surface area contributed by atoms with Crippen molar-refractivity contribution >= 4 is 7.12 Å². The Kier molecular flexibility index (Phi) is 6.60. The summed E-state index contributed by atoms with van der Waals surface area (Å²) in [4.78, 5) is 0. The first kappa shape index (κ1) is 13.5. The third-order valence-corrected chi connectivity index (χ3v) is 1.69. The molecule has 1 unspecified atom stereocenters. The highest BCUT2D eigenvalue weighted by molar-refractivity contribution is 6.46. The van der Waals surface area contributed by atoms with E-state index >= 15 is 0 Å². The molecule has 80 valence electrons. The first-order valence-corrected chi connectivity index (χ1v) is 5.15. The first-order valence-electron chi connectivity index (χ1n) is 5.15. The van der Waals surface area contributed by atoms with Crippen LogP contribution in [0.4, 0.5) is 0 Å². The van der Waals surface area contributed by atoms with Crippen LogP contribution in [0.3, 0.4) is 0 Å². The van der Waals surface area contributed by atoms with Gasteiger partial charge in [-0.2, -0.15) is 5.26 Å². The molecule has 0 radical (unpaired) electrons. The second-order valence-electron chi connectivity index (χ2n) is 4.08. The summed E-state index contributed by atoms with van der Waals surface area (Å²) in [5.74, 6) is 0.116. The molecule has 0 rings (SSSR count). The summed E-state index contributed by atoms with van der Waals surface area (Å²) in [6.45, 7) is 9.84. The van der Waals surface area contributed by atoms with Crippen molar-refractivity contribution in [2.45, 2.75) is 59.1 Å². The van der Waals surface area contributed by atoms with Gasteiger partial charge in [0.05, 0.1) is 6.07 Å². The molecule has 0 fully saturated rings. The Morgan fingerprint density at radius 1 is 1.07 bits per heavy atom. The Hall–Kier alpha value is -0.525. The third-order valence-electron chi connectivity index (χ3n) is 1.69. The molecule has 0 aromatic carbocycles. The molecule has 0 heterocycles. The van der Waals surface area contributed by atoms with Crippen LogP contribution in [-0.2, 0) is 9.31 Å². The number of rotatable bonds is 6. The van der Waals surface area contributed by atoms with E-state index in [1.807, 2.05) is 34.6 Å². The van der Waals surface area contributed by atoms with E-state index in [1.54, 1.807) is 0 Å². The van der Waals surface area contributed by atoms with E-state index in [4.69, 9.17) is 14.6 Å². The summed E-state index contributed by atoms with van der Waals surface area (Å²) in [5, 5.41) is 8.59. The lowest BCUT2D eigenvalue weighted by Crippen LogP contribution is -2.33. The fourth-order valence-corrected chi connectivity index (χ4v) is 1.08. The highest BCUT2D eigenvalue weighted by Gasteiger charge is 2.28. The van der Waals surface area contributed by atoms with Crippen molar-refractivity contribution in [3.63, 3.8) is 0 Å². The van der Waals surface area contributed by atoms with E-state index < -0.39 is 0 Å². The second kappa shape index (κ2) is 6.86. The predicted octanol–water partition coefficient (Wildman–Crippen LogP) is 2.63. The van der Waals surface area contributed by atoms with Crippen molar-refractivity contribution in [2.75, 3.05) is 0 Å². The van der Waals surface area contributed by atoms with Gasteiger partial charge in [-0.3, -0.25) is 0 Å². The maximum Gasteiger partial charge on any atom is 0.461 e. The number of hydrogen-bond acceptors (Lipinski definition) is 3. The largest absolute Gasteiger partial charge is 0.461 e. The van der Waals surface area contributed by atoms with Gasteiger partial charge < -0.3 is 9.31 Å². The molecule has 0 saturated heterocycles. The molecular formula is C10H20BNO2. The van der Waals surface area contributed by atoms with Gasteiger partial charge in [-0.1, -0.05) is 6.92 Å². The molecule has 0 amide bonds. The van der Waals surface area contributed by atoms with Crippen LogP contribution < -0.4 is 0 Å². The highest BCUT2D eigenvalue weighted by Crippen LogP contribution is 2.18. The molecule has 0 saturated carbocycles. The average Bonchev–Trinajstić information content (AvgIpc) is 2.01. The topological polar surface area (TPSA) is 42.2 Å². The standard InChI is InChI=1S/C10H20BNO2/c1-8(2)13-11(14-9(3)4)10(5)6-7-12/h8-10H,6H2,1-5H3. The maximum atomic E-state index is 8.59. The summed E-state index contributed by atoms with van der Waals surface area (Å²) in [6.07, 6.45) is 0.712. The van der Waals surface area contributed by atoms with Gasteiger partial charge in [0, 0.05) is 24.4 Å². The first-order chi connectivity index (χ1) is 6.47. The minimum absolute atomic E-state index is 0.116. The van der Waals surface area contributed by atoms with Crippen LogP contribution in [0.1, 0.15) is 41.0 Å². The lowest BCUT2D eigenvalue weighted by atomic mass is 9.71. The van der Waals surface area contributed by atoms with Crippen LogP contribution in [0, 0.1) is 11.3 Å². The van der Waals surface area contributed by atoms with Crippen LogP contribution in [0.5, 0.6) is 0 Å². The number of nitriles is 1. The molecule has 0 aliphatic rings. The zero-order valence-electron chi connectivity index (χ0n) is 9.78. The molecule has 0 aromatic rings. The fraction of sp³-hybridized carbons (Fsp3) is 0.900. The second-order valence-corrected chi connectivity index (χ2v) is 4.08. The van der Waals surface area contributed by atoms with E-state index in [0.29, 0.717) is 6.42 Å². The molecule has 0 spiro atoms. The Morgan fingerprint density at radius 2 is 1.50 bits per heavy atom. The van der Waals surface area contributed by atoms with Gasteiger partial charge in [-0.15, -0.1) is 0 Å². The maximum absolute atomic E-state index is 8.59. The molecule has 3 nitrogen and oxygen atoms in total. The van der Waals surface area contributed by atoms with Crippen LogP contribution >= 0.6 is 0 Å². The SMILES string of the molecule is CC(C)OB(OC(C)C)C(C)CC#N. The zero-order valence-corrected chi connectivity index (χ0v) is 9.78. The van der Waals surface area contributed by atoms with Crippen molar-refractivity contribution in [1.29, 1.82) is 5.26 Å². The van der Waals surface area contributed by atoms with Gasteiger partial charge >= 0.3 is 7.12 Å². The fourth-order valence-electron chi connectivity index (χ4n) is 1.08. The van der Waals surface area contributed by atoms with Crippen LogP contribution in [-0.4, -0.2) is 19.3 Å². The Labute approximate surface area is 87.5 Å². The monoisotopic (exact) mass is 197 g/mol. The lowest BCUT2D eigenvalue weighted by Gasteiger charge is -2.22. The van der Waals surface area contributed by atoms with Crippen molar-refractivity contribution < 1.29 is 9.31 Å². The van der Waals surface area contributed by atoms with Crippen molar-refractivity contribution in [3.05, 3.63) is 0 Å². The van der Waals surface area contributed by atoms with E-state index in [1.165, 1.54) is 0 Å². The molecule has 0 bridgehead atoms. The average molecular weight is 197 g/mol.